The molecule has 0 fully saturated rings. The van der Waals surface area contributed by atoms with E-state index in [0.717, 1.165) is 29.5 Å². The van der Waals surface area contributed by atoms with Gasteiger partial charge in [0.1, 0.15) is 0 Å². The normalized spacial score (nSPS) is 17.1. The topological polar surface area (TPSA) is 48.5 Å². The van der Waals surface area contributed by atoms with Gasteiger partial charge in [0.25, 0.3) is 0 Å². The zero-order valence-electron chi connectivity index (χ0n) is 31.4. The molecule has 0 bridgehead atoms. The average Bonchev–Trinajstić information content (AvgIpc) is 3.76. The fourth-order valence-electron chi connectivity index (χ4n) is 9.29. The Bertz CT molecular complexity index is 2930. The number of benzene rings is 6. The number of fused-ring (bicyclic) bond motifs is 8. The first kappa shape index (κ1) is 32.6. The average molecular weight is 722 g/mol. The first-order valence-corrected chi connectivity index (χ1v) is 19.6. The second-order valence-electron chi connectivity index (χ2n) is 15.6. The molecule has 0 amide bonds. The zero-order valence-corrected chi connectivity index (χ0v) is 31.4. The maximum Gasteiger partial charge on any atom is 0.238 e. The molecule has 5 heteroatoms. The maximum atomic E-state index is 5.30. The van der Waals surface area contributed by atoms with Gasteiger partial charge in [0.15, 0.2) is 11.6 Å². The van der Waals surface area contributed by atoms with E-state index in [0.29, 0.717) is 23.5 Å². The molecule has 0 aliphatic heterocycles. The van der Waals surface area contributed by atoms with Gasteiger partial charge in [0.2, 0.25) is 5.95 Å². The molecule has 2 aliphatic rings. The molecule has 6 aromatic carbocycles. The van der Waals surface area contributed by atoms with Crippen LogP contribution in [-0.2, 0) is 18.3 Å². The molecule has 56 heavy (non-hydrogen) atoms. The summed E-state index contributed by atoms with van der Waals surface area (Å²) in [7, 11) is 0. The summed E-state index contributed by atoms with van der Waals surface area (Å²) >= 11 is 0. The molecule has 0 saturated heterocycles. The molecule has 9 aromatic rings. The third-order valence-corrected chi connectivity index (χ3v) is 12.1. The number of hydrogen-bond acceptors (Lipinski definition) is 3. The Morgan fingerprint density at radius 3 is 1.95 bits per heavy atom. The quantitative estimate of drug-likeness (QED) is 0.178. The molecule has 3 aromatic heterocycles. The smallest absolute Gasteiger partial charge is 0.238 e. The zero-order chi connectivity index (χ0) is 37.4. The highest BCUT2D eigenvalue weighted by molar-refractivity contribution is 5.96. The van der Waals surface area contributed by atoms with Crippen molar-refractivity contribution in [1.29, 1.82) is 0 Å². The van der Waals surface area contributed by atoms with E-state index in [1.165, 1.54) is 61.2 Å². The second kappa shape index (κ2) is 12.6. The third kappa shape index (κ3) is 5.04. The van der Waals surface area contributed by atoms with Gasteiger partial charge in [0, 0.05) is 44.3 Å². The molecule has 0 N–H and O–H groups in total. The fourth-order valence-corrected chi connectivity index (χ4v) is 9.29. The van der Waals surface area contributed by atoms with Crippen molar-refractivity contribution >= 4 is 27.9 Å². The Kier molecular flexibility index (Phi) is 7.33. The van der Waals surface area contributed by atoms with Gasteiger partial charge in [-0.15, -0.1) is 0 Å². The van der Waals surface area contributed by atoms with Gasteiger partial charge in [-0.25, -0.2) is 4.98 Å². The summed E-state index contributed by atoms with van der Waals surface area (Å²) in [6, 6.07) is 56.1. The first-order valence-electron chi connectivity index (χ1n) is 19.6. The van der Waals surface area contributed by atoms with Crippen LogP contribution in [0, 0.1) is 0 Å². The lowest BCUT2D eigenvalue weighted by molar-refractivity contribution is 0.588. The number of rotatable bonds is 5. The van der Waals surface area contributed by atoms with Crippen LogP contribution in [0.2, 0.25) is 0 Å². The van der Waals surface area contributed by atoms with Crippen molar-refractivity contribution in [3.05, 3.63) is 192 Å². The molecule has 5 nitrogen and oxygen atoms in total. The predicted molar refractivity (Wildman–Crippen MR) is 228 cm³/mol. The van der Waals surface area contributed by atoms with Crippen molar-refractivity contribution in [1.82, 2.24) is 24.1 Å². The van der Waals surface area contributed by atoms with Crippen molar-refractivity contribution in [2.45, 2.75) is 38.0 Å². The molecule has 0 spiro atoms. The highest BCUT2D eigenvalue weighted by Crippen LogP contribution is 2.48. The minimum absolute atomic E-state index is 0.253. The number of aromatic nitrogens is 5. The monoisotopic (exact) mass is 721 g/mol. The van der Waals surface area contributed by atoms with Crippen LogP contribution in [0.25, 0.3) is 73.6 Å². The van der Waals surface area contributed by atoms with Crippen molar-refractivity contribution in [3.63, 3.8) is 0 Å². The summed E-state index contributed by atoms with van der Waals surface area (Å²) < 4.78 is 4.75. The summed E-state index contributed by atoms with van der Waals surface area (Å²) in [6.45, 7) is 4.73. The van der Waals surface area contributed by atoms with Crippen molar-refractivity contribution in [2.24, 2.45) is 0 Å². The minimum Gasteiger partial charge on any atom is -0.310 e. The number of allylic oxidation sites excluding steroid dienone is 1. The minimum atomic E-state index is -0.253. The lowest BCUT2D eigenvalue weighted by Gasteiger charge is -2.31. The molecule has 2 atom stereocenters. The molecule has 0 radical (unpaired) electrons. The predicted octanol–water partition coefficient (Wildman–Crippen LogP) is 11.9. The number of nitrogens with zero attached hydrogens (tertiary/aromatic N) is 5. The summed E-state index contributed by atoms with van der Waals surface area (Å²) in [4.78, 5) is 15.7. The largest absolute Gasteiger partial charge is 0.310 e. The van der Waals surface area contributed by atoms with Gasteiger partial charge >= 0.3 is 0 Å². The summed E-state index contributed by atoms with van der Waals surface area (Å²) in [5.74, 6) is 2.32. The van der Waals surface area contributed by atoms with Gasteiger partial charge in [-0.3, -0.25) is 4.57 Å². The van der Waals surface area contributed by atoms with Gasteiger partial charge in [0.05, 0.1) is 16.7 Å². The molecule has 0 saturated carbocycles. The molecule has 268 valence electrons. The van der Waals surface area contributed by atoms with Crippen LogP contribution >= 0.6 is 0 Å². The summed E-state index contributed by atoms with van der Waals surface area (Å²) in [6.07, 6.45) is 6.59. The van der Waals surface area contributed by atoms with Crippen molar-refractivity contribution in [2.75, 3.05) is 0 Å². The lowest BCUT2D eigenvalue weighted by atomic mass is 9.73. The van der Waals surface area contributed by atoms with E-state index in [-0.39, 0.29) is 5.41 Å². The maximum absolute atomic E-state index is 5.30. The molecular weight excluding hydrogens is 683 g/mol. The molecule has 3 heterocycles. The van der Waals surface area contributed by atoms with E-state index in [1.54, 1.807) is 0 Å². The van der Waals surface area contributed by atoms with E-state index >= 15 is 0 Å². The van der Waals surface area contributed by atoms with Gasteiger partial charge in [-0.05, 0) is 71.4 Å². The Morgan fingerprint density at radius 1 is 0.589 bits per heavy atom. The Hall–Kier alpha value is -6.85. The SMILES string of the molecule is CC1Cc2c(n(-c3nc(-c4ccccc4)nc(-c4ccccc4)n3)c3cc(C4(C)C=Cc5c(c6ccccc6n5-c5ccccc5)C4)ccc23)-c2ccccc21. The third-order valence-electron chi connectivity index (χ3n) is 12.1. The van der Waals surface area contributed by atoms with E-state index in [2.05, 4.69) is 156 Å². The van der Waals surface area contributed by atoms with Gasteiger partial charge in [-0.2, -0.15) is 9.97 Å². The molecular formula is C51H39N5. The Labute approximate surface area is 326 Å². The van der Waals surface area contributed by atoms with E-state index in [4.69, 9.17) is 15.0 Å². The first-order chi connectivity index (χ1) is 27.5. The van der Waals surface area contributed by atoms with Crippen LogP contribution in [0.5, 0.6) is 0 Å². The lowest BCUT2D eigenvalue weighted by Crippen LogP contribution is -2.25. The number of hydrogen-bond donors (Lipinski definition) is 0. The standard InChI is InChI=1S/C51H39N5/c1-33-30-42-40-27-26-36(51(2)29-28-45-43(32-51)39-23-14-15-25-44(39)55(45)37-20-10-5-11-21-37)31-46(40)56(47(42)41-24-13-12-22-38(33)41)50-53-48(34-16-6-3-7-17-34)52-49(54-50)35-18-8-4-9-19-35/h3-29,31,33H,30,32H2,1-2H3. The highest BCUT2D eigenvalue weighted by atomic mass is 15.2. The number of para-hydroxylation sites is 2. The van der Waals surface area contributed by atoms with Gasteiger partial charge < -0.3 is 4.57 Å². The van der Waals surface area contributed by atoms with E-state index < -0.39 is 0 Å². The molecule has 11 rings (SSSR count). The second-order valence-corrected chi connectivity index (χ2v) is 15.6. The van der Waals surface area contributed by atoms with Crippen molar-refractivity contribution in [3.8, 4) is 45.7 Å². The summed E-state index contributed by atoms with van der Waals surface area (Å²) in [5, 5.41) is 2.55. The van der Waals surface area contributed by atoms with Gasteiger partial charge in [-0.1, -0.05) is 153 Å². The molecule has 2 aliphatic carbocycles. The molecule has 2 unspecified atom stereocenters. The highest BCUT2D eigenvalue weighted by Gasteiger charge is 2.34. The summed E-state index contributed by atoms with van der Waals surface area (Å²) in [5.41, 5.74) is 14.2. The van der Waals surface area contributed by atoms with Crippen LogP contribution < -0.4 is 0 Å². The van der Waals surface area contributed by atoms with Crippen LogP contribution in [-0.4, -0.2) is 24.1 Å². The Balaban J connectivity index is 1.15. The van der Waals surface area contributed by atoms with E-state index in [9.17, 15) is 0 Å². The van der Waals surface area contributed by atoms with Crippen LogP contribution in [0.4, 0.5) is 0 Å². The van der Waals surface area contributed by atoms with Crippen LogP contribution in [0.1, 0.15) is 47.7 Å². The fraction of sp³-hybridized carbons (Fsp3) is 0.118. The van der Waals surface area contributed by atoms with Crippen LogP contribution in [0.3, 0.4) is 0 Å². The van der Waals surface area contributed by atoms with Crippen molar-refractivity contribution < 1.29 is 0 Å². The Morgan fingerprint density at radius 2 is 1.21 bits per heavy atom. The van der Waals surface area contributed by atoms with Crippen LogP contribution in [0.15, 0.2) is 164 Å². The van der Waals surface area contributed by atoms with E-state index in [1.807, 2.05) is 36.4 Å².